The third kappa shape index (κ3) is 1.91. The number of amides is 2. The summed E-state index contributed by atoms with van der Waals surface area (Å²) in [6, 6.07) is 0. The molecule has 0 heterocycles. The lowest BCUT2D eigenvalue weighted by atomic mass is 9.71. The number of hydrogen-bond acceptors (Lipinski definition) is 3. The summed E-state index contributed by atoms with van der Waals surface area (Å²) in [5.41, 5.74) is 2.00. The molecule has 5 nitrogen and oxygen atoms in total. The molecule has 16 heavy (non-hydrogen) atoms. The van der Waals surface area contributed by atoms with Gasteiger partial charge >= 0.3 is 0 Å². The zero-order valence-electron chi connectivity index (χ0n) is 9.45. The molecule has 3 N–H and O–H groups in total. The number of hydrogen-bond donors (Lipinski definition) is 3. The standard InChI is InChI=1S/C11H18N2O3/c1-12-9(14)8-6-11(4-5-11)3-2-7(8)10(15)13-16/h7-8,16H,2-6H2,1H3,(H,12,14)(H,13,15). The van der Waals surface area contributed by atoms with Crippen LogP contribution < -0.4 is 10.8 Å². The second-order valence-corrected chi connectivity index (χ2v) is 5.05. The van der Waals surface area contributed by atoms with Crippen LogP contribution in [0.2, 0.25) is 0 Å². The molecule has 90 valence electrons. The Labute approximate surface area is 94.5 Å². The lowest BCUT2D eigenvalue weighted by Gasteiger charge is -2.33. The van der Waals surface area contributed by atoms with Crippen molar-refractivity contribution < 1.29 is 14.8 Å². The van der Waals surface area contributed by atoms with Gasteiger partial charge < -0.3 is 5.32 Å². The van der Waals surface area contributed by atoms with E-state index in [1.807, 2.05) is 0 Å². The summed E-state index contributed by atoms with van der Waals surface area (Å²) in [6.07, 6.45) is 4.83. The molecule has 2 fully saturated rings. The Kier molecular flexibility index (Phi) is 2.88. The van der Waals surface area contributed by atoms with Crippen LogP contribution in [-0.2, 0) is 9.59 Å². The van der Waals surface area contributed by atoms with Crippen molar-refractivity contribution in [3.05, 3.63) is 0 Å². The van der Waals surface area contributed by atoms with E-state index < -0.39 is 5.91 Å². The maximum Gasteiger partial charge on any atom is 0.247 e. The van der Waals surface area contributed by atoms with Crippen LogP contribution in [0.5, 0.6) is 0 Å². The zero-order valence-corrected chi connectivity index (χ0v) is 9.45. The molecular weight excluding hydrogens is 208 g/mol. The molecular formula is C11H18N2O3. The van der Waals surface area contributed by atoms with E-state index in [0.29, 0.717) is 11.8 Å². The molecule has 0 aromatic heterocycles. The minimum Gasteiger partial charge on any atom is -0.359 e. The Bertz CT molecular complexity index is 312. The molecule has 5 heteroatoms. The lowest BCUT2D eigenvalue weighted by molar-refractivity contribution is -0.142. The van der Waals surface area contributed by atoms with E-state index in [0.717, 1.165) is 12.8 Å². The van der Waals surface area contributed by atoms with Crippen molar-refractivity contribution in [3.8, 4) is 0 Å². The molecule has 2 rings (SSSR count). The highest BCUT2D eigenvalue weighted by Gasteiger charge is 2.51. The molecule has 0 aromatic rings. The van der Waals surface area contributed by atoms with Gasteiger partial charge in [0.25, 0.3) is 0 Å². The van der Waals surface area contributed by atoms with Crippen molar-refractivity contribution in [3.63, 3.8) is 0 Å². The van der Waals surface area contributed by atoms with Crippen molar-refractivity contribution in [2.75, 3.05) is 7.05 Å². The molecule has 2 unspecified atom stereocenters. The van der Waals surface area contributed by atoms with Gasteiger partial charge in [0.1, 0.15) is 0 Å². The largest absolute Gasteiger partial charge is 0.359 e. The topological polar surface area (TPSA) is 78.4 Å². The van der Waals surface area contributed by atoms with Gasteiger partial charge in [-0.3, -0.25) is 14.8 Å². The average Bonchev–Trinajstić information content (AvgIpc) is 3.06. The van der Waals surface area contributed by atoms with E-state index in [9.17, 15) is 9.59 Å². The van der Waals surface area contributed by atoms with E-state index in [1.54, 1.807) is 12.5 Å². The van der Waals surface area contributed by atoms with Crippen molar-refractivity contribution in [2.45, 2.75) is 32.1 Å². The van der Waals surface area contributed by atoms with Gasteiger partial charge in [0.05, 0.1) is 11.8 Å². The predicted octanol–water partition coefficient (Wildman–Crippen LogP) is 0.434. The first kappa shape index (κ1) is 11.4. The molecule has 2 aliphatic rings. The van der Waals surface area contributed by atoms with Crippen LogP contribution in [0, 0.1) is 17.3 Å². The molecule has 2 amide bonds. The van der Waals surface area contributed by atoms with Crippen LogP contribution in [-0.4, -0.2) is 24.1 Å². The quantitative estimate of drug-likeness (QED) is 0.472. The Balaban J connectivity index is 2.11. The van der Waals surface area contributed by atoms with Crippen molar-refractivity contribution >= 4 is 11.8 Å². The Morgan fingerprint density at radius 2 is 1.88 bits per heavy atom. The third-order valence-electron chi connectivity index (χ3n) is 4.11. The molecule has 0 radical (unpaired) electrons. The van der Waals surface area contributed by atoms with Gasteiger partial charge in [0, 0.05) is 7.05 Å². The van der Waals surface area contributed by atoms with Gasteiger partial charge in [0.15, 0.2) is 0 Å². The Morgan fingerprint density at radius 3 is 2.38 bits per heavy atom. The minimum atomic E-state index is -0.427. The Morgan fingerprint density at radius 1 is 1.19 bits per heavy atom. The van der Waals surface area contributed by atoms with E-state index in [4.69, 9.17) is 5.21 Å². The van der Waals surface area contributed by atoms with Gasteiger partial charge in [-0.1, -0.05) is 0 Å². The van der Waals surface area contributed by atoms with E-state index >= 15 is 0 Å². The molecule has 0 aromatic carbocycles. The van der Waals surface area contributed by atoms with Gasteiger partial charge in [-0.25, -0.2) is 5.48 Å². The van der Waals surface area contributed by atoms with Crippen LogP contribution >= 0.6 is 0 Å². The third-order valence-corrected chi connectivity index (χ3v) is 4.11. The highest BCUT2D eigenvalue weighted by Crippen LogP contribution is 2.58. The lowest BCUT2D eigenvalue weighted by Crippen LogP contribution is -2.44. The van der Waals surface area contributed by atoms with Crippen LogP contribution in [0.25, 0.3) is 0 Å². The van der Waals surface area contributed by atoms with Crippen LogP contribution in [0.15, 0.2) is 0 Å². The average molecular weight is 226 g/mol. The predicted molar refractivity (Wildman–Crippen MR) is 56.5 cm³/mol. The maximum atomic E-state index is 11.7. The number of carbonyl (C=O) groups excluding carboxylic acids is 2. The molecule has 2 saturated carbocycles. The monoisotopic (exact) mass is 226 g/mol. The summed E-state index contributed by atoms with van der Waals surface area (Å²) in [5.74, 6) is -1.17. The summed E-state index contributed by atoms with van der Waals surface area (Å²) in [7, 11) is 1.59. The fraction of sp³-hybridized carbons (Fsp3) is 0.818. The summed E-state index contributed by atoms with van der Waals surface area (Å²) < 4.78 is 0. The summed E-state index contributed by atoms with van der Waals surface area (Å²) in [5, 5.41) is 11.3. The summed E-state index contributed by atoms with van der Waals surface area (Å²) in [6.45, 7) is 0. The van der Waals surface area contributed by atoms with Gasteiger partial charge in [-0.15, -0.1) is 0 Å². The van der Waals surface area contributed by atoms with Gasteiger partial charge in [-0.2, -0.15) is 0 Å². The molecule has 2 atom stereocenters. The SMILES string of the molecule is CNC(=O)C1CC2(CCC1C(=O)NO)CC2. The van der Waals surface area contributed by atoms with Crippen molar-refractivity contribution in [2.24, 2.45) is 17.3 Å². The van der Waals surface area contributed by atoms with Gasteiger partial charge in [-0.05, 0) is 37.5 Å². The highest BCUT2D eigenvalue weighted by molar-refractivity contribution is 5.87. The molecule has 0 aliphatic heterocycles. The van der Waals surface area contributed by atoms with E-state index in [1.165, 1.54) is 12.8 Å². The number of rotatable bonds is 2. The number of nitrogens with one attached hydrogen (secondary N) is 2. The van der Waals surface area contributed by atoms with E-state index in [2.05, 4.69) is 5.32 Å². The first-order chi connectivity index (χ1) is 7.62. The molecule has 0 bridgehead atoms. The van der Waals surface area contributed by atoms with Gasteiger partial charge in [0.2, 0.25) is 11.8 Å². The minimum absolute atomic E-state index is 0.0837. The van der Waals surface area contributed by atoms with E-state index in [-0.39, 0.29) is 17.7 Å². The first-order valence-corrected chi connectivity index (χ1v) is 5.77. The zero-order chi connectivity index (χ0) is 11.8. The molecule has 1 spiro atoms. The fourth-order valence-electron chi connectivity index (χ4n) is 2.86. The fourth-order valence-corrected chi connectivity index (χ4v) is 2.86. The second kappa shape index (κ2) is 4.05. The molecule has 2 aliphatic carbocycles. The first-order valence-electron chi connectivity index (χ1n) is 5.77. The summed E-state index contributed by atoms with van der Waals surface area (Å²) >= 11 is 0. The Hall–Kier alpha value is -1.10. The van der Waals surface area contributed by atoms with Crippen molar-refractivity contribution in [1.29, 1.82) is 0 Å². The maximum absolute atomic E-state index is 11.7. The highest BCUT2D eigenvalue weighted by atomic mass is 16.5. The van der Waals surface area contributed by atoms with Crippen LogP contribution in [0.3, 0.4) is 0 Å². The normalized spacial score (nSPS) is 30.9. The number of carbonyl (C=O) groups is 2. The van der Waals surface area contributed by atoms with Crippen LogP contribution in [0.4, 0.5) is 0 Å². The van der Waals surface area contributed by atoms with Crippen LogP contribution in [0.1, 0.15) is 32.1 Å². The molecule has 0 saturated heterocycles. The number of hydroxylamine groups is 1. The smallest absolute Gasteiger partial charge is 0.247 e. The van der Waals surface area contributed by atoms with Crippen molar-refractivity contribution in [1.82, 2.24) is 10.8 Å². The second-order valence-electron chi connectivity index (χ2n) is 5.05. The summed E-state index contributed by atoms with van der Waals surface area (Å²) in [4.78, 5) is 23.2.